The molecule has 0 aliphatic carbocycles. The van der Waals surface area contributed by atoms with Crippen LogP contribution < -0.4 is 9.44 Å². The number of sulfonamides is 2. The van der Waals surface area contributed by atoms with Gasteiger partial charge >= 0.3 is 0 Å². The van der Waals surface area contributed by atoms with Gasteiger partial charge in [0.05, 0.1) is 9.79 Å². The van der Waals surface area contributed by atoms with Gasteiger partial charge in [-0.2, -0.15) is 0 Å². The second kappa shape index (κ2) is 9.23. The molecule has 2 aromatic rings. The van der Waals surface area contributed by atoms with E-state index < -0.39 is 20.0 Å². The Bertz CT molecular complexity index is 1230. The van der Waals surface area contributed by atoms with E-state index in [1.165, 1.54) is 24.3 Å². The van der Waals surface area contributed by atoms with Crippen molar-refractivity contribution < 1.29 is 16.8 Å². The summed E-state index contributed by atoms with van der Waals surface area (Å²) in [5.41, 5.74) is 4.70. The summed E-state index contributed by atoms with van der Waals surface area (Å²) < 4.78 is 56.9. The van der Waals surface area contributed by atoms with Gasteiger partial charge in [-0.05, 0) is 99.5 Å². The maximum Gasteiger partial charge on any atom is 0.262 e. The molecule has 1 aliphatic heterocycles. The van der Waals surface area contributed by atoms with Crippen LogP contribution in [0.25, 0.3) is 0 Å². The number of rotatable bonds is 5. The lowest BCUT2D eigenvalue weighted by Gasteiger charge is -2.19. The Labute approximate surface area is 191 Å². The zero-order valence-electron chi connectivity index (χ0n) is 19.2. The largest absolute Gasteiger partial charge is 0.280 e. The zero-order chi connectivity index (χ0) is 23.7. The third-order valence-corrected chi connectivity index (χ3v) is 9.29. The Kier molecular flexibility index (Phi) is 7.00. The number of hydrogen-bond acceptors (Lipinski definition) is 5. The predicted molar refractivity (Wildman–Crippen MR) is 128 cm³/mol. The average Bonchev–Trinajstić information content (AvgIpc) is 2.99. The minimum atomic E-state index is -3.85. The highest BCUT2D eigenvalue weighted by atomic mass is 32.2. The Balaban J connectivity index is 1.85. The van der Waals surface area contributed by atoms with Gasteiger partial charge in [-0.25, -0.2) is 16.8 Å². The summed E-state index contributed by atoms with van der Waals surface area (Å²) in [4.78, 5) is 4.63. The number of anilines is 1. The molecule has 0 aromatic heterocycles. The third kappa shape index (κ3) is 4.99. The minimum absolute atomic E-state index is 0.0572. The lowest BCUT2D eigenvalue weighted by Crippen LogP contribution is -2.30. The van der Waals surface area contributed by atoms with E-state index in [0.717, 1.165) is 36.0 Å². The third-order valence-electron chi connectivity index (χ3n) is 6.24. The fourth-order valence-corrected chi connectivity index (χ4v) is 6.70. The molecule has 7 nitrogen and oxygen atoms in total. The van der Waals surface area contributed by atoms with Gasteiger partial charge in [0.1, 0.15) is 5.84 Å². The van der Waals surface area contributed by atoms with E-state index in [1.807, 2.05) is 20.8 Å². The average molecular weight is 478 g/mol. The number of benzene rings is 2. The molecular weight excluding hydrogens is 446 g/mol. The molecule has 174 valence electrons. The van der Waals surface area contributed by atoms with Crippen molar-refractivity contribution in [3.63, 3.8) is 0 Å². The molecule has 3 rings (SSSR count). The van der Waals surface area contributed by atoms with Gasteiger partial charge in [-0.15, -0.1) is 0 Å². The van der Waals surface area contributed by atoms with E-state index in [9.17, 15) is 16.8 Å². The molecule has 2 N–H and O–H groups in total. The van der Waals surface area contributed by atoms with Gasteiger partial charge in [0.2, 0.25) is 0 Å². The fourth-order valence-electron chi connectivity index (χ4n) is 3.95. The highest BCUT2D eigenvalue weighted by Gasteiger charge is 2.24. The standard InChI is InChI=1S/C23H31N3O4S2/c1-15-16(2)18(4)23(19(5)17(15)3)32(29,30)25-20-10-12-21(13-11-20)31(27,28)26-22-9-7-6-8-14-24-22/h10-13,25H,6-9,14H2,1-5H3,(H,24,26). The lowest BCUT2D eigenvalue weighted by atomic mass is 9.95. The first-order valence-electron chi connectivity index (χ1n) is 10.7. The zero-order valence-corrected chi connectivity index (χ0v) is 20.9. The first kappa shape index (κ1) is 24.3. The highest BCUT2D eigenvalue weighted by Crippen LogP contribution is 2.31. The van der Waals surface area contributed by atoms with E-state index >= 15 is 0 Å². The smallest absolute Gasteiger partial charge is 0.262 e. The molecule has 0 bridgehead atoms. The monoisotopic (exact) mass is 477 g/mol. The quantitative estimate of drug-likeness (QED) is 0.670. The number of nitrogens with zero attached hydrogens (tertiary/aromatic N) is 1. The summed E-state index contributed by atoms with van der Waals surface area (Å²) in [6.07, 6.45) is 3.49. The topological polar surface area (TPSA) is 105 Å². The molecule has 0 unspecified atom stereocenters. The molecule has 0 amide bonds. The van der Waals surface area contributed by atoms with E-state index in [1.54, 1.807) is 13.8 Å². The summed E-state index contributed by atoms with van der Waals surface area (Å²) >= 11 is 0. The number of aliphatic imine (C=N–C) groups is 1. The van der Waals surface area contributed by atoms with E-state index in [4.69, 9.17) is 0 Å². The van der Waals surface area contributed by atoms with Crippen molar-refractivity contribution in [3.8, 4) is 0 Å². The van der Waals surface area contributed by atoms with Gasteiger partial charge in [0.15, 0.2) is 0 Å². The normalized spacial score (nSPS) is 15.1. The molecule has 32 heavy (non-hydrogen) atoms. The van der Waals surface area contributed by atoms with Crippen LogP contribution in [0.15, 0.2) is 39.0 Å². The van der Waals surface area contributed by atoms with Crippen LogP contribution in [0.4, 0.5) is 5.69 Å². The Morgan fingerprint density at radius 2 is 1.25 bits per heavy atom. The van der Waals surface area contributed by atoms with E-state index in [0.29, 0.717) is 35.6 Å². The second-order valence-electron chi connectivity index (χ2n) is 8.33. The molecule has 1 heterocycles. The summed E-state index contributed by atoms with van der Waals surface area (Å²) in [5.74, 6) is 0.475. The predicted octanol–water partition coefficient (Wildman–Crippen LogP) is 4.28. The van der Waals surface area contributed by atoms with Crippen LogP contribution in [0, 0.1) is 34.6 Å². The molecule has 0 atom stereocenters. The SMILES string of the molecule is Cc1c(C)c(C)c(S(=O)(=O)Nc2ccc(S(=O)(=O)NC3=NCCCCC3)cc2)c(C)c1C. The van der Waals surface area contributed by atoms with E-state index in [-0.39, 0.29) is 9.79 Å². The van der Waals surface area contributed by atoms with Crippen LogP contribution in [0.5, 0.6) is 0 Å². The molecule has 0 radical (unpaired) electrons. The van der Waals surface area contributed by atoms with Crippen molar-refractivity contribution in [2.24, 2.45) is 4.99 Å². The number of amidine groups is 1. The Hall–Kier alpha value is -2.39. The summed E-state index contributed by atoms with van der Waals surface area (Å²) in [5, 5.41) is 0. The van der Waals surface area contributed by atoms with Crippen LogP contribution >= 0.6 is 0 Å². The Morgan fingerprint density at radius 1 is 0.688 bits per heavy atom. The van der Waals surface area contributed by atoms with Gasteiger partial charge in [-0.3, -0.25) is 14.4 Å². The van der Waals surface area contributed by atoms with Crippen LogP contribution in [0.2, 0.25) is 0 Å². The van der Waals surface area contributed by atoms with Crippen molar-refractivity contribution in [3.05, 3.63) is 52.1 Å². The second-order valence-corrected chi connectivity index (χ2v) is 11.6. The summed E-state index contributed by atoms with van der Waals surface area (Å²) in [6, 6.07) is 5.70. The molecule has 2 aromatic carbocycles. The first-order valence-corrected chi connectivity index (χ1v) is 13.7. The maximum atomic E-state index is 13.2. The minimum Gasteiger partial charge on any atom is -0.280 e. The maximum absolute atomic E-state index is 13.2. The van der Waals surface area contributed by atoms with E-state index in [2.05, 4.69) is 14.4 Å². The van der Waals surface area contributed by atoms with Gasteiger partial charge < -0.3 is 0 Å². The molecule has 0 saturated carbocycles. The van der Waals surface area contributed by atoms with Crippen molar-refractivity contribution in [2.75, 3.05) is 11.3 Å². The molecular formula is C23H31N3O4S2. The Morgan fingerprint density at radius 3 is 1.84 bits per heavy atom. The summed E-state index contributed by atoms with van der Waals surface area (Å²) in [6.45, 7) is 10.1. The first-order chi connectivity index (χ1) is 14.9. The molecule has 0 spiro atoms. The number of hydrogen-bond donors (Lipinski definition) is 2. The fraction of sp³-hybridized carbons (Fsp3) is 0.435. The highest BCUT2D eigenvalue weighted by molar-refractivity contribution is 7.92. The van der Waals surface area contributed by atoms with Gasteiger partial charge in [0.25, 0.3) is 20.0 Å². The van der Waals surface area contributed by atoms with Crippen molar-refractivity contribution in [1.29, 1.82) is 0 Å². The lowest BCUT2D eigenvalue weighted by molar-refractivity contribution is 0.591. The molecule has 0 saturated heterocycles. The van der Waals surface area contributed by atoms with Crippen LogP contribution in [-0.4, -0.2) is 29.2 Å². The van der Waals surface area contributed by atoms with Crippen molar-refractivity contribution in [2.45, 2.75) is 70.1 Å². The number of nitrogens with one attached hydrogen (secondary N) is 2. The van der Waals surface area contributed by atoms with Crippen LogP contribution in [0.1, 0.15) is 53.5 Å². The van der Waals surface area contributed by atoms with Gasteiger partial charge in [0, 0.05) is 18.7 Å². The van der Waals surface area contributed by atoms with Crippen LogP contribution in [0.3, 0.4) is 0 Å². The summed E-state index contributed by atoms with van der Waals surface area (Å²) in [7, 11) is -7.62. The molecule has 0 fully saturated rings. The van der Waals surface area contributed by atoms with Crippen molar-refractivity contribution in [1.82, 2.24) is 4.72 Å². The van der Waals surface area contributed by atoms with Gasteiger partial charge in [-0.1, -0.05) is 6.42 Å². The molecule has 9 heteroatoms. The molecule has 1 aliphatic rings. The van der Waals surface area contributed by atoms with Crippen LogP contribution in [-0.2, 0) is 20.0 Å². The van der Waals surface area contributed by atoms with Crippen molar-refractivity contribution >= 4 is 31.6 Å².